The molecule has 0 unspecified atom stereocenters. The Morgan fingerprint density at radius 2 is 1.39 bits per heavy atom. The zero-order chi connectivity index (χ0) is 17.2. The van der Waals surface area contributed by atoms with Crippen molar-refractivity contribution >= 4 is 21.5 Å². The summed E-state index contributed by atoms with van der Waals surface area (Å²) in [6.07, 6.45) is 2.18. The normalized spacial score (nSPS) is 9.64. The largest absolute Gasteiger partial charge is 4.00 e. The number of aromatic nitrogens is 1. The van der Waals surface area contributed by atoms with Gasteiger partial charge in [-0.05, 0) is 31.2 Å². The van der Waals surface area contributed by atoms with Gasteiger partial charge in [0.2, 0.25) is 0 Å². The zero-order valence-electron chi connectivity index (χ0n) is 15.9. The third-order valence-corrected chi connectivity index (χ3v) is 4.58. The van der Waals surface area contributed by atoms with E-state index in [0.717, 1.165) is 0 Å². The number of aryl methyl sites for hydroxylation is 2. The first kappa shape index (κ1) is 23.7. The third kappa shape index (κ3) is 4.94. The zero-order valence-corrected chi connectivity index (χ0v) is 18.3. The Balaban J connectivity index is 0.000000284. The molecular formula is C24H21F2NZr. The summed E-state index contributed by atoms with van der Waals surface area (Å²) >= 11 is 0. The summed E-state index contributed by atoms with van der Waals surface area (Å²) in [7, 11) is 0. The molecule has 28 heavy (non-hydrogen) atoms. The van der Waals surface area contributed by atoms with Crippen LogP contribution in [0.25, 0.3) is 27.2 Å². The molecule has 5 aromatic rings. The molecule has 0 radical (unpaired) electrons. The molecule has 1 heterocycles. The SMILES string of the molecule is Cc1cc(C)n(-c2cc3ccccc3[cH-]2)c1.[F-].[F-].[Zr+4].c1ccc2[cH-]ccc2c1. The van der Waals surface area contributed by atoms with Crippen molar-refractivity contribution in [2.45, 2.75) is 13.8 Å². The van der Waals surface area contributed by atoms with Crippen LogP contribution >= 0.6 is 0 Å². The maximum absolute atomic E-state index is 2.25. The molecule has 0 atom stereocenters. The molecule has 140 valence electrons. The molecule has 0 amide bonds. The van der Waals surface area contributed by atoms with Gasteiger partial charge in [-0.15, -0.1) is 70.8 Å². The number of benzene rings is 2. The first-order valence-corrected chi connectivity index (χ1v) is 8.62. The summed E-state index contributed by atoms with van der Waals surface area (Å²) < 4.78 is 2.25. The van der Waals surface area contributed by atoms with Gasteiger partial charge < -0.3 is 14.0 Å². The minimum atomic E-state index is 0. The van der Waals surface area contributed by atoms with Gasteiger partial charge in [-0.3, -0.25) is 0 Å². The molecule has 4 aromatic carbocycles. The van der Waals surface area contributed by atoms with Crippen LogP contribution in [0.1, 0.15) is 11.3 Å². The fraction of sp³-hybridized carbons (Fsp3) is 0.0833. The van der Waals surface area contributed by atoms with Crippen LogP contribution in [0.3, 0.4) is 0 Å². The van der Waals surface area contributed by atoms with E-state index in [4.69, 9.17) is 0 Å². The smallest absolute Gasteiger partial charge is 1.00 e. The molecule has 1 aromatic heterocycles. The van der Waals surface area contributed by atoms with E-state index in [2.05, 4.69) is 110 Å². The number of fused-ring (bicyclic) bond motifs is 2. The molecule has 4 heteroatoms. The summed E-state index contributed by atoms with van der Waals surface area (Å²) in [6.45, 7) is 4.27. The molecule has 0 fully saturated rings. The van der Waals surface area contributed by atoms with Gasteiger partial charge >= 0.3 is 26.2 Å². The van der Waals surface area contributed by atoms with E-state index >= 15 is 0 Å². The molecule has 1 nitrogen and oxygen atoms in total. The molecule has 0 aliphatic carbocycles. The topological polar surface area (TPSA) is 4.93 Å². The van der Waals surface area contributed by atoms with E-state index in [-0.39, 0.29) is 35.6 Å². The second-order valence-electron chi connectivity index (χ2n) is 6.53. The van der Waals surface area contributed by atoms with E-state index < -0.39 is 0 Å². The molecule has 0 N–H and O–H groups in total. The van der Waals surface area contributed by atoms with E-state index in [1.165, 1.54) is 38.5 Å². The van der Waals surface area contributed by atoms with Crippen LogP contribution in [0.5, 0.6) is 0 Å². The molecule has 0 spiro atoms. The minimum Gasteiger partial charge on any atom is -1.00 e. The van der Waals surface area contributed by atoms with Crippen LogP contribution < -0.4 is 9.41 Å². The van der Waals surface area contributed by atoms with E-state index in [0.29, 0.717) is 0 Å². The summed E-state index contributed by atoms with van der Waals surface area (Å²) in [5.41, 5.74) is 3.85. The number of hydrogen-bond donors (Lipinski definition) is 0. The van der Waals surface area contributed by atoms with Crippen molar-refractivity contribution in [3.63, 3.8) is 0 Å². The average molecular weight is 453 g/mol. The molecule has 0 saturated carbocycles. The van der Waals surface area contributed by atoms with Gasteiger partial charge in [-0.25, -0.2) is 0 Å². The fourth-order valence-corrected chi connectivity index (χ4v) is 3.36. The Bertz CT molecular complexity index is 1070. The van der Waals surface area contributed by atoms with Crippen LogP contribution in [0, 0.1) is 13.8 Å². The van der Waals surface area contributed by atoms with Crippen molar-refractivity contribution in [3.05, 3.63) is 102 Å². The van der Waals surface area contributed by atoms with Gasteiger partial charge in [0.15, 0.2) is 0 Å². The minimum absolute atomic E-state index is 0. The molecule has 5 rings (SSSR count). The van der Waals surface area contributed by atoms with Gasteiger partial charge in [0.25, 0.3) is 0 Å². The van der Waals surface area contributed by atoms with Crippen LogP contribution in [-0.4, -0.2) is 4.57 Å². The number of halogens is 2. The third-order valence-electron chi connectivity index (χ3n) is 4.58. The van der Waals surface area contributed by atoms with E-state index in [1.807, 2.05) is 0 Å². The summed E-state index contributed by atoms with van der Waals surface area (Å²) in [4.78, 5) is 0. The molecule has 0 saturated heterocycles. The first-order valence-electron chi connectivity index (χ1n) is 8.62. The quantitative estimate of drug-likeness (QED) is 0.327. The summed E-state index contributed by atoms with van der Waals surface area (Å²) in [6, 6.07) is 29.8. The Kier molecular flexibility index (Phi) is 8.72. The summed E-state index contributed by atoms with van der Waals surface area (Å²) in [5, 5.41) is 5.28. The summed E-state index contributed by atoms with van der Waals surface area (Å²) in [5.74, 6) is 0. The Labute approximate surface area is 183 Å². The maximum atomic E-state index is 2.25. The number of rotatable bonds is 1. The van der Waals surface area contributed by atoms with Crippen LogP contribution in [0.4, 0.5) is 0 Å². The van der Waals surface area contributed by atoms with E-state index in [9.17, 15) is 0 Å². The van der Waals surface area contributed by atoms with Crippen LogP contribution in [-0.2, 0) is 26.2 Å². The second-order valence-corrected chi connectivity index (χ2v) is 6.53. The predicted octanol–water partition coefficient (Wildman–Crippen LogP) is 0.530. The monoisotopic (exact) mass is 451 g/mol. The maximum Gasteiger partial charge on any atom is 4.00 e. The predicted molar refractivity (Wildman–Crippen MR) is 108 cm³/mol. The second kappa shape index (κ2) is 10.3. The van der Waals surface area contributed by atoms with Crippen molar-refractivity contribution in [3.8, 4) is 5.69 Å². The van der Waals surface area contributed by atoms with Crippen LogP contribution in [0.2, 0.25) is 0 Å². The van der Waals surface area contributed by atoms with Gasteiger partial charge in [0.1, 0.15) is 0 Å². The van der Waals surface area contributed by atoms with Crippen molar-refractivity contribution in [2.75, 3.05) is 0 Å². The Morgan fingerprint density at radius 1 is 0.750 bits per heavy atom. The van der Waals surface area contributed by atoms with Gasteiger partial charge in [0, 0.05) is 11.9 Å². The van der Waals surface area contributed by atoms with E-state index in [1.54, 1.807) is 0 Å². The molecule has 0 aliphatic rings. The van der Waals surface area contributed by atoms with Crippen LogP contribution in [0.15, 0.2) is 91.1 Å². The number of hydrogen-bond acceptors (Lipinski definition) is 0. The van der Waals surface area contributed by atoms with Crippen molar-refractivity contribution < 1.29 is 35.6 Å². The van der Waals surface area contributed by atoms with Gasteiger partial charge in [-0.1, -0.05) is 12.1 Å². The molecular weight excluding hydrogens is 431 g/mol. The van der Waals surface area contributed by atoms with Gasteiger partial charge in [-0.2, -0.15) is 17.5 Å². The van der Waals surface area contributed by atoms with Crippen molar-refractivity contribution in [2.24, 2.45) is 0 Å². The molecule has 0 bridgehead atoms. The number of nitrogens with zero attached hydrogens (tertiary/aromatic N) is 1. The fourth-order valence-electron chi connectivity index (χ4n) is 3.36. The van der Waals surface area contributed by atoms with Crippen molar-refractivity contribution in [1.29, 1.82) is 0 Å². The Hall–Kier alpha value is -2.32. The standard InChI is InChI=1S/C15H14N.C9H7.2FH.Zr/c1-11-7-12(2)16(10-11)15-8-13-5-3-4-6-14(13)9-15;1-2-5-9-7-3-6-8(9)4-1;;;/h3-10H,1-2H3;1-7H;2*1H;/q2*-1;;;+4/p-2. The average Bonchev–Trinajstić information content (AvgIpc) is 3.32. The Morgan fingerprint density at radius 3 is 2.00 bits per heavy atom. The van der Waals surface area contributed by atoms with Gasteiger partial charge in [0.05, 0.1) is 0 Å². The first-order chi connectivity index (χ1) is 12.2. The molecule has 0 aliphatic heterocycles. The van der Waals surface area contributed by atoms with Crippen molar-refractivity contribution in [1.82, 2.24) is 4.57 Å².